The van der Waals surface area contributed by atoms with Crippen molar-refractivity contribution in [2.45, 2.75) is 83.6 Å². The SMILES string of the molecule is COC(=O)[C@]12CCCCC=C1N(Cc1ccc(Cl)cc1Cl)C(=O)[C@@H](CC(=O)NCC13CC4CC(CC(C4)C1)C3)C2. The van der Waals surface area contributed by atoms with Crippen LogP contribution in [0.3, 0.4) is 0 Å². The summed E-state index contributed by atoms with van der Waals surface area (Å²) in [6, 6.07) is 5.23. The summed E-state index contributed by atoms with van der Waals surface area (Å²) in [5.41, 5.74) is 0.708. The summed E-state index contributed by atoms with van der Waals surface area (Å²) in [6.45, 7) is 0.915. The number of piperidine rings is 1. The molecule has 5 aliphatic carbocycles. The predicted octanol–water partition coefficient (Wildman–Crippen LogP) is 6.68. The van der Waals surface area contributed by atoms with E-state index in [2.05, 4.69) is 5.32 Å². The average Bonchev–Trinajstić information content (AvgIpc) is 3.13. The number of nitrogens with one attached hydrogen (secondary N) is 1. The van der Waals surface area contributed by atoms with E-state index in [0.29, 0.717) is 35.1 Å². The predicted molar refractivity (Wildman–Crippen MR) is 154 cm³/mol. The van der Waals surface area contributed by atoms with Gasteiger partial charge in [0.15, 0.2) is 0 Å². The Morgan fingerprint density at radius 1 is 1.05 bits per heavy atom. The van der Waals surface area contributed by atoms with Crippen LogP contribution in [0.2, 0.25) is 10.0 Å². The van der Waals surface area contributed by atoms with Gasteiger partial charge in [0.05, 0.1) is 13.7 Å². The van der Waals surface area contributed by atoms with Crippen molar-refractivity contribution in [3.8, 4) is 0 Å². The number of hydrogen-bond acceptors (Lipinski definition) is 4. The Kier molecular flexibility index (Phi) is 7.71. The molecule has 4 bridgehead atoms. The van der Waals surface area contributed by atoms with Crippen molar-refractivity contribution < 1.29 is 19.1 Å². The molecule has 2 atom stereocenters. The minimum Gasteiger partial charge on any atom is -0.468 e. The number of nitrogens with zero attached hydrogens (tertiary/aromatic N) is 1. The van der Waals surface area contributed by atoms with E-state index in [9.17, 15) is 14.4 Å². The zero-order valence-corrected chi connectivity index (χ0v) is 24.9. The Hall–Kier alpha value is -2.05. The molecule has 2 amide bonds. The van der Waals surface area contributed by atoms with E-state index in [4.69, 9.17) is 27.9 Å². The van der Waals surface area contributed by atoms with Gasteiger partial charge in [0.1, 0.15) is 5.41 Å². The van der Waals surface area contributed by atoms with Crippen LogP contribution in [-0.2, 0) is 25.7 Å². The molecule has 6 aliphatic rings. The van der Waals surface area contributed by atoms with Crippen molar-refractivity contribution >= 4 is 41.0 Å². The molecule has 1 aromatic carbocycles. The smallest absolute Gasteiger partial charge is 0.317 e. The summed E-state index contributed by atoms with van der Waals surface area (Å²) in [5.74, 6) is 1.27. The van der Waals surface area contributed by atoms with Crippen molar-refractivity contribution in [1.29, 1.82) is 0 Å². The van der Waals surface area contributed by atoms with Crippen molar-refractivity contribution in [2.75, 3.05) is 13.7 Å². The molecule has 4 saturated carbocycles. The van der Waals surface area contributed by atoms with Crippen LogP contribution in [-0.4, -0.2) is 36.3 Å². The van der Waals surface area contributed by atoms with Gasteiger partial charge in [0.25, 0.3) is 0 Å². The minimum atomic E-state index is -0.955. The van der Waals surface area contributed by atoms with Gasteiger partial charge < -0.3 is 15.0 Å². The second kappa shape index (κ2) is 11.0. The largest absolute Gasteiger partial charge is 0.468 e. The lowest BCUT2D eigenvalue weighted by Crippen LogP contribution is -2.54. The van der Waals surface area contributed by atoms with Gasteiger partial charge in [-0.25, -0.2) is 0 Å². The quantitative estimate of drug-likeness (QED) is 0.361. The summed E-state index contributed by atoms with van der Waals surface area (Å²) in [5, 5.41) is 4.24. The number of esters is 1. The van der Waals surface area contributed by atoms with E-state index < -0.39 is 11.3 Å². The average molecular weight is 588 g/mol. The van der Waals surface area contributed by atoms with Gasteiger partial charge in [-0.15, -0.1) is 0 Å². The van der Waals surface area contributed by atoms with Gasteiger partial charge in [-0.1, -0.05) is 41.8 Å². The maximum absolute atomic E-state index is 14.1. The van der Waals surface area contributed by atoms with Gasteiger partial charge in [0, 0.05) is 34.6 Å². The first-order valence-corrected chi connectivity index (χ1v) is 15.8. The fraction of sp³-hybridized carbons (Fsp3) is 0.656. The number of hydrogen-bond donors (Lipinski definition) is 1. The maximum atomic E-state index is 14.1. The Morgan fingerprint density at radius 2 is 1.75 bits per heavy atom. The molecule has 1 saturated heterocycles. The topological polar surface area (TPSA) is 75.7 Å². The van der Waals surface area contributed by atoms with Gasteiger partial charge in [-0.2, -0.15) is 0 Å². The lowest BCUT2D eigenvalue weighted by molar-refractivity contribution is -0.160. The van der Waals surface area contributed by atoms with E-state index in [1.165, 1.54) is 45.6 Å². The first kappa shape index (κ1) is 28.1. The molecule has 216 valence electrons. The van der Waals surface area contributed by atoms with E-state index in [0.717, 1.165) is 42.6 Å². The summed E-state index contributed by atoms with van der Waals surface area (Å²) in [4.78, 5) is 42.7. The molecule has 6 nitrogen and oxygen atoms in total. The normalized spacial score (nSPS) is 34.6. The highest BCUT2D eigenvalue weighted by Gasteiger charge is 2.54. The number of likely N-dealkylation sites (tertiary alicyclic amines) is 1. The van der Waals surface area contributed by atoms with Crippen LogP contribution in [0.4, 0.5) is 0 Å². The van der Waals surface area contributed by atoms with E-state index in [1.807, 2.05) is 12.1 Å². The Balaban J connectivity index is 1.23. The van der Waals surface area contributed by atoms with Crippen molar-refractivity contribution in [1.82, 2.24) is 10.2 Å². The van der Waals surface area contributed by atoms with Gasteiger partial charge in [0.2, 0.25) is 11.8 Å². The van der Waals surface area contributed by atoms with Crippen molar-refractivity contribution in [3.05, 3.63) is 45.6 Å². The standard InChI is InChI=1S/C32H40Cl2N2O4/c1-40-30(39)32-8-4-2-3-5-27(32)36(18-23-6-7-25(33)13-26(23)34)29(38)24(17-32)12-28(37)35-19-31-14-20-9-21(15-31)11-22(10-20)16-31/h5-7,13,20-22,24H,2-4,8-12,14-19H2,1H3,(H,35,37)/t20?,21?,22?,24-,31?,32-/m0/s1. The second-order valence-corrected chi connectivity index (χ2v) is 14.2. The molecule has 1 aliphatic heterocycles. The summed E-state index contributed by atoms with van der Waals surface area (Å²) in [7, 11) is 1.41. The highest BCUT2D eigenvalue weighted by molar-refractivity contribution is 6.35. The van der Waals surface area contributed by atoms with Gasteiger partial charge in [-0.3, -0.25) is 14.4 Å². The first-order valence-electron chi connectivity index (χ1n) is 15.0. The number of rotatable bonds is 7. The molecule has 1 N–H and O–H groups in total. The van der Waals surface area contributed by atoms with Crippen LogP contribution in [0.1, 0.15) is 82.6 Å². The third kappa shape index (κ3) is 5.19. The van der Waals surface area contributed by atoms with Crippen LogP contribution in [0.25, 0.3) is 0 Å². The minimum absolute atomic E-state index is 0.0715. The first-order chi connectivity index (χ1) is 19.2. The Labute approximate surface area is 247 Å². The highest BCUT2D eigenvalue weighted by Crippen LogP contribution is 2.59. The zero-order chi connectivity index (χ0) is 28.1. The zero-order valence-electron chi connectivity index (χ0n) is 23.4. The molecule has 0 unspecified atom stereocenters. The molecule has 5 fully saturated rings. The molecule has 8 heteroatoms. The van der Waals surface area contributed by atoms with Crippen LogP contribution in [0.5, 0.6) is 0 Å². The Bertz CT molecular complexity index is 1190. The Morgan fingerprint density at radius 3 is 2.40 bits per heavy atom. The molecule has 7 rings (SSSR count). The molecular weight excluding hydrogens is 547 g/mol. The van der Waals surface area contributed by atoms with E-state index >= 15 is 0 Å². The number of methoxy groups -OCH3 is 1. The van der Waals surface area contributed by atoms with E-state index in [-0.39, 0.29) is 36.2 Å². The van der Waals surface area contributed by atoms with E-state index in [1.54, 1.807) is 17.0 Å². The highest BCUT2D eigenvalue weighted by atomic mass is 35.5. The number of benzene rings is 1. The number of carbonyl (C=O) groups is 3. The molecule has 0 aromatic heterocycles. The van der Waals surface area contributed by atoms with Crippen LogP contribution in [0.15, 0.2) is 30.0 Å². The summed E-state index contributed by atoms with van der Waals surface area (Å²) in [6.07, 6.45) is 13.3. The fourth-order valence-corrected chi connectivity index (χ4v) is 9.74. The second-order valence-electron chi connectivity index (χ2n) is 13.4. The molecular formula is C32H40Cl2N2O4. The van der Waals surface area contributed by atoms with Crippen molar-refractivity contribution in [2.24, 2.45) is 34.5 Å². The lowest BCUT2D eigenvalue weighted by atomic mass is 9.49. The van der Waals surface area contributed by atoms with Gasteiger partial charge in [-0.05, 0) is 105 Å². The monoisotopic (exact) mass is 586 g/mol. The van der Waals surface area contributed by atoms with Crippen LogP contribution < -0.4 is 5.32 Å². The fourth-order valence-electron chi connectivity index (χ4n) is 9.27. The number of carbonyl (C=O) groups excluding carboxylic acids is 3. The van der Waals surface area contributed by atoms with Crippen LogP contribution >= 0.6 is 23.2 Å². The molecule has 1 heterocycles. The van der Waals surface area contributed by atoms with Crippen LogP contribution in [0, 0.1) is 34.5 Å². The molecule has 0 radical (unpaired) electrons. The third-order valence-corrected chi connectivity index (χ3v) is 11.2. The summed E-state index contributed by atoms with van der Waals surface area (Å²) >= 11 is 12.7. The molecule has 0 spiro atoms. The number of halogens is 2. The van der Waals surface area contributed by atoms with Crippen molar-refractivity contribution in [3.63, 3.8) is 0 Å². The maximum Gasteiger partial charge on any atom is 0.317 e. The van der Waals surface area contributed by atoms with Gasteiger partial charge >= 0.3 is 5.97 Å². The molecule has 1 aromatic rings. The lowest BCUT2D eigenvalue weighted by Gasteiger charge is -2.57. The number of fused-ring (bicyclic) bond motifs is 1. The number of ether oxygens (including phenoxy) is 1. The summed E-state index contributed by atoms with van der Waals surface area (Å²) < 4.78 is 5.36. The molecule has 40 heavy (non-hydrogen) atoms. The number of allylic oxidation sites excluding steroid dienone is 1. The number of amides is 2. The third-order valence-electron chi connectivity index (χ3n) is 10.6.